The van der Waals surface area contributed by atoms with Crippen molar-refractivity contribution in [3.63, 3.8) is 0 Å². The number of hydrogen-bond donors (Lipinski definition) is 1. The van der Waals surface area contributed by atoms with E-state index in [1.54, 1.807) is 6.08 Å². The smallest absolute Gasteiger partial charge is 0.329 e. The molecule has 0 bridgehead atoms. The third kappa shape index (κ3) is 19.8. The molecule has 0 radical (unpaired) electrons. The molecule has 0 heterocycles. The van der Waals surface area contributed by atoms with E-state index < -0.39 is 17.6 Å². The van der Waals surface area contributed by atoms with Crippen LogP contribution in [0.5, 0.6) is 0 Å². The molecule has 0 aliphatic rings. The van der Waals surface area contributed by atoms with Gasteiger partial charge in [-0.15, -0.1) is 0 Å². The monoisotopic (exact) mass is 592 g/mol. The Hall–Kier alpha value is -1.85. The van der Waals surface area contributed by atoms with Crippen LogP contribution in [0, 0.1) is 0 Å². The van der Waals surface area contributed by atoms with Gasteiger partial charge in [0.15, 0.2) is 0 Å². The molecule has 1 rings (SSSR count). The summed E-state index contributed by atoms with van der Waals surface area (Å²) in [5.41, 5.74) is 1.35. The minimum absolute atomic E-state index is 0. The summed E-state index contributed by atoms with van der Waals surface area (Å²) in [7, 11) is 4.30. The number of nitrogens with one attached hydrogen (secondary N) is 1. The predicted octanol–water partition coefficient (Wildman–Crippen LogP) is 5.52. The quantitative estimate of drug-likeness (QED) is 0.0885. The number of carbonyl (C=O) groups is 2. The van der Waals surface area contributed by atoms with Gasteiger partial charge >= 0.3 is 5.97 Å². The van der Waals surface area contributed by atoms with Gasteiger partial charge in [-0.1, -0.05) is 114 Å². The van der Waals surface area contributed by atoms with Crippen molar-refractivity contribution >= 4 is 11.9 Å². The van der Waals surface area contributed by atoms with Gasteiger partial charge in [0.05, 0.1) is 26.7 Å². The van der Waals surface area contributed by atoms with Crippen LogP contribution >= 0.6 is 0 Å². The highest BCUT2D eigenvalue weighted by Gasteiger charge is 2.27. The van der Waals surface area contributed by atoms with E-state index in [2.05, 4.69) is 26.3 Å². The summed E-state index contributed by atoms with van der Waals surface area (Å²) in [6.07, 6.45) is 21.0. The summed E-state index contributed by atoms with van der Waals surface area (Å²) in [5.74, 6) is -0.664. The molecule has 5 nitrogen and oxygen atoms in total. The van der Waals surface area contributed by atoms with Crippen LogP contribution in [0.4, 0.5) is 0 Å². The molecule has 1 N–H and O–H groups in total. The first kappa shape index (κ1) is 39.1. The van der Waals surface area contributed by atoms with E-state index in [1.165, 1.54) is 83.5 Å². The molecule has 0 aliphatic carbocycles. The molecule has 0 saturated heterocycles. The van der Waals surface area contributed by atoms with E-state index in [0.29, 0.717) is 10.9 Å². The SMILES string of the molecule is CCCCCCCCCCCCCCCC[N+](C)(C)/C(C)=C/C(=O)N[C@@H](Cc1ccccc1)C(=O)OC(C)(C)C.[Cl-]. The molecule has 1 aromatic rings. The van der Waals surface area contributed by atoms with Gasteiger partial charge in [-0.25, -0.2) is 4.79 Å². The lowest BCUT2D eigenvalue weighted by molar-refractivity contribution is -0.852. The summed E-state index contributed by atoms with van der Waals surface area (Å²) in [4.78, 5) is 25.8. The molecule has 0 aliphatic heterocycles. The molecule has 236 valence electrons. The van der Waals surface area contributed by atoms with Crippen LogP contribution in [-0.2, 0) is 20.7 Å². The molecular formula is C35H61ClN2O3. The van der Waals surface area contributed by atoms with Gasteiger partial charge in [-0.2, -0.15) is 0 Å². The van der Waals surface area contributed by atoms with Crippen LogP contribution < -0.4 is 17.7 Å². The van der Waals surface area contributed by atoms with E-state index in [0.717, 1.165) is 24.2 Å². The first-order valence-corrected chi connectivity index (χ1v) is 16.0. The van der Waals surface area contributed by atoms with Crippen molar-refractivity contribution in [2.75, 3.05) is 20.6 Å². The first-order chi connectivity index (χ1) is 18.9. The van der Waals surface area contributed by atoms with E-state index in [9.17, 15) is 9.59 Å². The lowest BCUT2D eigenvalue weighted by atomic mass is 10.0. The minimum Gasteiger partial charge on any atom is -1.00 e. The van der Waals surface area contributed by atoms with E-state index in [1.807, 2.05) is 58.0 Å². The number of benzene rings is 1. The van der Waals surface area contributed by atoms with Gasteiger partial charge in [0, 0.05) is 13.3 Å². The summed E-state index contributed by atoms with van der Waals surface area (Å²) >= 11 is 0. The normalized spacial score (nSPS) is 12.9. The van der Waals surface area contributed by atoms with Crippen molar-refractivity contribution < 1.29 is 31.2 Å². The van der Waals surface area contributed by atoms with Crippen molar-refractivity contribution in [1.29, 1.82) is 0 Å². The Bertz CT molecular complexity index is 862. The highest BCUT2D eigenvalue weighted by molar-refractivity contribution is 5.92. The van der Waals surface area contributed by atoms with Gasteiger partial charge in [0.25, 0.3) is 0 Å². The number of rotatable bonds is 21. The summed E-state index contributed by atoms with van der Waals surface area (Å²) in [6, 6.07) is 8.99. The fourth-order valence-electron chi connectivity index (χ4n) is 4.87. The first-order valence-electron chi connectivity index (χ1n) is 16.0. The third-order valence-electron chi connectivity index (χ3n) is 7.66. The fourth-order valence-corrected chi connectivity index (χ4v) is 4.87. The molecule has 0 fully saturated rings. The molecule has 1 amide bonds. The van der Waals surface area contributed by atoms with Crippen molar-refractivity contribution in [1.82, 2.24) is 5.32 Å². The number of unbranched alkanes of at least 4 members (excludes halogenated alkanes) is 13. The highest BCUT2D eigenvalue weighted by atomic mass is 35.5. The second-order valence-corrected chi connectivity index (χ2v) is 13.1. The lowest BCUT2D eigenvalue weighted by Gasteiger charge is -2.30. The lowest BCUT2D eigenvalue weighted by Crippen LogP contribution is -3.00. The number of ether oxygens (including phenoxy) is 1. The molecule has 0 unspecified atom stereocenters. The molecule has 1 atom stereocenters. The van der Waals surface area contributed by atoms with E-state index >= 15 is 0 Å². The van der Waals surface area contributed by atoms with Crippen LogP contribution in [0.15, 0.2) is 42.1 Å². The maximum Gasteiger partial charge on any atom is 0.329 e. The van der Waals surface area contributed by atoms with Crippen LogP contribution in [0.2, 0.25) is 0 Å². The van der Waals surface area contributed by atoms with Gasteiger partial charge in [0.1, 0.15) is 17.3 Å². The van der Waals surface area contributed by atoms with Gasteiger partial charge in [-0.3, -0.25) is 9.28 Å². The Morgan fingerprint density at radius 2 is 1.29 bits per heavy atom. The maximum absolute atomic E-state index is 13.0. The Balaban J connectivity index is 0.0000160. The average Bonchev–Trinajstić information content (AvgIpc) is 2.88. The second kappa shape index (κ2) is 21.8. The van der Waals surface area contributed by atoms with Gasteiger partial charge < -0.3 is 22.5 Å². The largest absolute Gasteiger partial charge is 1.00 e. The third-order valence-corrected chi connectivity index (χ3v) is 7.66. The van der Waals surface area contributed by atoms with Crippen LogP contribution in [0.1, 0.15) is 130 Å². The van der Waals surface area contributed by atoms with Crippen molar-refractivity contribution in [3.8, 4) is 0 Å². The van der Waals surface area contributed by atoms with Gasteiger partial charge in [-0.05, 0) is 39.2 Å². The highest BCUT2D eigenvalue weighted by Crippen LogP contribution is 2.17. The average molecular weight is 593 g/mol. The Labute approximate surface area is 258 Å². The standard InChI is InChI=1S/C35H60N2O3.ClH/c1-8-9-10-11-12-13-14-15-16-17-18-19-20-24-27-37(6,7)30(2)28-33(38)36-32(34(39)40-35(3,4)5)29-31-25-22-21-23-26-31;/h21-23,25-26,28,32H,8-20,24,27,29H2,1-7H3;1H/b30-28+;/t32-;/m0./s1. The predicted molar refractivity (Wildman–Crippen MR) is 169 cm³/mol. The van der Waals surface area contributed by atoms with Crippen molar-refractivity contribution in [3.05, 3.63) is 47.7 Å². The number of amides is 1. The van der Waals surface area contributed by atoms with E-state index in [-0.39, 0.29) is 18.3 Å². The number of nitrogens with zero attached hydrogens (tertiary/aromatic N) is 1. The van der Waals surface area contributed by atoms with Crippen molar-refractivity contribution in [2.45, 2.75) is 143 Å². The molecule has 41 heavy (non-hydrogen) atoms. The number of allylic oxidation sites excluding steroid dienone is 1. The number of halogens is 1. The number of hydrogen-bond acceptors (Lipinski definition) is 3. The van der Waals surface area contributed by atoms with Crippen LogP contribution in [-0.4, -0.2) is 48.6 Å². The molecule has 1 aromatic carbocycles. The van der Waals surface area contributed by atoms with Crippen LogP contribution in [0.3, 0.4) is 0 Å². The topological polar surface area (TPSA) is 55.4 Å². The Morgan fingerprint density at radius 1 is 0.829 bits per heavy atom. The van der Waals surface area contributed by atoms with Crippen LogP contribution in [0.25, 0.3) is 0 Å². The van der Waals surface area contributed by atoms with Gasteiger partial charge in [0.2, 0.25) is 5.91 Å². The summed E-state index contributed by atoms with van der Waals surface area (Å²) in [6.45, 7) is 10.8. The molecule has 6 heteroatoms. The number of quaternary nitrogens is 1. The minimum atomic E-state index is -0.736. The number of carbonyl (C=O) groups excluding carboxylic acids is 2. The summed E-state index contributed by atoms with van der Waals surface area (Å²) < 4.78 is 6.27. The molecule has 0 saturated carbocycles. The zero-order valence-electron chi connectivity index (χ0n) is 27.4. The maximum atomic E-state index is 13.0. The fraction of sp³-hybridized carbons (Fsp3) is 0.714. The number of esters is 1. The molecular weight excluding hydrogens is 532 g/mol. The zero-order chi connectivity index (χ0) is 29.9. The van der Waals surface area contributed by atoms with E-state index in [4.69, 9.17) is 4.74 Å². The van der Waals surface area contributed by atoms with Crippen molar-refractivity contribution in [2.24, 2.45) is 0 Å². The summed E-state index contributed by atoms with van der Waals surface area (Å²) in [5, 5.41) is 2.91. The zero-order valence-corrected chi connectivity index (χ0v) is 28.2. The Morgan fingerprint density at radius 3 is 1.76 bits per heavy atom. The second-order valence-electron chi connectivity index (χ2n) is 13.1. The molecule has 0 spiro atoms. The molecule has 0 aromatic heterocycles. The Kier molecular flexibility index (Phi) is 20.8.